The fraction of sp³-hybridized carbons (Fsp3) is 0.423. The standard InChI is InChI=1S/C22H25FN2.2C2H6/c1-6-22(5,23)19-10-8-7-9-18(19)21-24-11-12-25(21)20-16(3)13-15(2)14-17(20)4;2*1-2/h7-14H,6H2,1-5H3;2*1-2H3. The van der Waals surface area contributed by atoms with Crippen molar-refractivity contribution in [1.29, 1.82) is 0 Å². The van der Waals surface area contributed by atoms with Crippen molar-refractivity contribution in [3.05, 3.63) is 71.0 Å². The van der Waals surface area contributed by atoms with Crippen LogP contribution in [0.3, 0.4) is 0 Å². The van der Waals surface area contributed by atoms with Crippen molar-refractivity contribution in [3.63, 3.8) is 0 Å². The van der Waals surface area contributed by atoms with E-state index in [0.29, 0.717) is 12.0 Å². The summed E-state index contributed by atoms with van der Waals surface area (Å²) in [5, 5.41) is 0. The highest BCUT2D eigenvalue weighted by atomic mass is 19.1. The van der Waals surface area contributed by atoms with Crippen molar-refractivity contribution < 1.29 is 4.39 Å². The minimum Gasteiger partial charge on any atom is -0.299 e. The first-order valence-electron chi connectivity index (χ1n) is 10.8. The van der Waals surface area contributed by atoms with E-state index in [1.54, 1.807) is 13.1 Å². The van der Waals surface area contributed by atoms with Crippen LogP contribution in [0.2, 0.25) is 0 Å². The van der Waals surface area contributed by atoms with E-state index in [-0.39, 0.29) is 0 Å². The highest BCUT2D eigenvalue weighted by molar-refractivity contribution is 5.66. The van der Waals surface area contributed by atoms with Gasteiger partial charge in [-0.2, -0.15) is 0 Å². The molecule has 3 aromatic rings. The summed E-state index contributed by atoms with van der Waals surface area (Å²) in [4.78, 5) is 4.57. The first kappa shape index (κ1) is 24.6. The van der Waals surface area contributed by atoms with Gasteiger partial charge in [0.15, 0.2) is 0 Å². The Kier molecular flexibility index (Phi) is 9.29. The van der Waals surface area contributed by atoms with Gasteiger partial charge in [0.05, 0.1) is 5.69 Å². The lowest BCUT2D eigenvalue weighted by Crippen LogP contribution is -2.16. The molecule has 1 unspecified atom stereocenters. The normalized spacial score (nSPS) is 12.2. The molecular weight excluding hydrogens is 359 g/mol. The van der Waals surface area contributed by atoms with Gasteiger partial charge in [0.2, 0.25) is 0 Å². The Morgan fingerprint density at radius 3 is 2.07 bits per heavy atom. The first-order valence-corrected chi connectivity index (χ1v) is 10.8. The highest BCUT2D eigenvalue weighted by Crippen LogP contribution is 2.37. The second-order valence-electron chi connectivity index (χ2n) is 6.96. The molecule has 0 aliphatic rings. The van der Waals surface area contributed by atoms with Crippen LogP contribution in [0.1, 0.15) is 70.2 Å². The van der Waals surface area contributed by atoms with E-state index in [1.165, 1.54) is 16.7 Å². The van der Waals surface area contributed by atoms with E-state index in [9.17, 15) is 0 Å². The smallest absolute Gasteiger partial charge is 0.144 e. The number of aromatic nitrogens is 2. The van der Waals surface area contributed by atoms with E-state index in [0.717, 1.165) is 17.1 Å². The Balaban J connectivity index is 0.000000989. The number of nitrogens with zero attached hydrogens (tertiary/aromatic N) is 2. The molecule has 0 N–H and O–H groups in total. The van der Waals surface area contributed by atoms with Crippen molar-refractivity contribution in [3.8, 4) is 17.1 Å². The third kappa shape index (κ3) is 5.35. The van der Waals surface area contributed by atoms with E-state index < -0.39 is 5.67 Å². The van der Waals surface area contributed by atoms with Gasteiger partial charge in [0, 0.05) is 18.0 Å². The first-order chi connectivity index (χ1) is 13.8. The largest absolute Gasteiger partial charge is 0.299 e. The van der Waals surface area contributed by atoms with Gasteiger partial charge >= 0.3 is 0 Å². The molecule has 0 amide bonds. The van der Waals surface area contributed by atoms with Gasteiger partial charge in [0.25, 0.3) is 0 Å². The summed E-state index contributed by atoms with van der Waals surface area (Å²) in [6, 6.07) is 12.0. The summed E-state index contributed by atoms with van der Waals surface area (Å²) in [7, 11) is 0. The Labute approximate surface area is 176 Å². The van der Waals surface area contributed by atoms with Crippen LogP contribution in [0, 0.1) is 20.8 Å². The molecule has 0 aliphatic carbocycles. The van der Waals surface area contributed by atoms with E-state index >= 15 is 4.39 Å². The lowest BCUT2D eigenvalue weighted by molar-refractivity contribution is 0.186. The molecule has 1 atom stereocenters. The van der Waals surface area contributed by atoms with Crippen LogP contribution in [0.15, 0.2) is 48.8 Å². The zero-order valence-corrected chi connectivity index (χ0v) is 19.6. The predicted molar refractivity (Wildman–Crippen MR) is 125 cm³/mol. The second-order valence-corrected chi connectivity index (χ2v) is 6.96. The third-order valence-corrected chi connectivity index (χ3v) is 4.91. The molecule has 2 nitrogen and oxygen atoms in total. The Morgan fingerprint density at radius 2 is 1.52 bits per heavy atom. The van der Waals surface area contributed by atoms with Crippen molar-refractivity contribution in [2.24, 2.45) is 0 Å². The third-order valence-electron chi connectivity index (χ3n) is 4.91. The molecule has 0 aliphatic heterocycles. The van der Waals surface area contributed by atoms with Crippen LogP contribution in [0.25, 0.3) is 17.1 Å². The summed E-state index contributed by atoms with van der Waals surface area (Å²) in [6.45, 7) is 17.8. The van der Waals surface area contributed by atoms with Crippen LogP contribution in [-0.2, 0) is 5.67 Å². The lowest BCUT2D eigenvalue weighted by atomic mass is 9.90. The lowest BCUT2D eigenvalue weighted by Gasteiger charge is -2.23. The molecule has 3 heteroatoms. The fourth-order valence-electron chi connectivity index (χ4n) is 3.56. The summed E-state index contributed by atoms with van der Waals surface area (Å²) < 4.78 is 17.2. The monoisotopic (exact) mass is 396 g/mol. The average molecular weight is 397 g/mol. The van der Waals surface area contributed by atoms with Crippen LogP contribution in [0.4, 0.5) is 4.39 Å². The number of aryl methyl sites for hydroxylation is 3. The van der Waals surface area contributed by atoms with Crippen LogP contribution >= 0.6 is 0 Å². The minimum atomic E-state index is -1.38. The number of rotatable bonds is 4. The van der Waals surface area contributed by atoms with Gasteiger partial charge in [0.1, 0.15) is 11.5 Å². The molecule has 158 valence electrons. The van der Waals surface area contributed by atoms with E-state index in [2.05, 4.69) is 42.5 Å². The molecule has 3 rings (SSSR count). The SMILES string of the molecule is CC.CC.CCC(C)(F)c1ccccc1-c1nccn1-c1c(C)cc(C)cc1C. The van der Waals surface area contributed by atoms with Gasteiger partial charge in [-0.3, -0.25) is 4.57 Å². The number of hydrogen-bond acceptors (Lipinski definition) is 1. The molecule has 0 saturated heterocycles. The quantitative estimate of drug-likeness (QED) is 0.435. The van der Waals surface area contributed by atoms with Gasteiger partial charge in [-0.15, -0.1) is 0 Å². The zero-order chi connectivity index (χ0) is 22.2. The summed E-state index contributed by atoms with van der Waals surface area (Å²) in [5.41, 5.74) is 4.88. The van der Waals surface area contributed by atoms with Crippen molar-refractivity contribution in [1.82, 2.24) is 9.55 Å². The molecule has 29 heavy (non-hydrogen) atoms. The molecule has 0 fully saturated rings. The molecule has 0 spiro atoms. The molecule has 0 radical (unpaired) electrons. The van der Waals surface area contributed by atoms with E-state index in [4.69, 9.17) is 0 Å². The Morgan fingerprint density at radius 1 is 0.966 bits per heavy atom. The van der Waals surface area contributed by atoms with Crippen molar-refractivity contribution in [2.75, 3.05) is 0 Å². The molecule has 0 bridgehead atoms. The maximum Gasteiger partial charge on any atom is 0.144 e. The van der Waals surface area contributed by atoms with Gasteiger partial charge in [-0.25, -0.2) is 9.37 Å². The molecule has 1 heterocycles. The fourth-order valence-corrected chi connectivity index (χ4v) is 3.56. The Hall–Kier alpha value is -2.42. The van der Waals surface area contributed by atoms with E-state index in [1.807, 2.05) is 65.1 Å². The second kappa shape index (κ2) is 10.9. The number of halogens is 1. The topological polar surface area (TPSA) is 17.8 Å². The minimum absolute atomic E-state index is 0.424. The summed E-state index contributed by atoms with van der Waals surface area (Å²) in [6.07, 6.45) is 4.16. The van der Waals surface area contributed by atoms with Crippen LogP contribution in [-0.4, -0.2) is 9.55 Å². The Bertz CT molecular complexity index is 884. The predicted octanol–water partition coefficient (Wildman–Crippen LogP) is 8.11. The number of benzene rings is 2. The number of alkyl halides is 1. The van der Waals surface area contributed by atoms with Gasteiger partial charge < -0.3 is 0 Å². The maximum atomic E-state index is 15.1. The highest BCUT2D eigenvalue weighted by Gasteiger charge is 2.28. The van der Waals surface area contributed by atoms with Crippen LogP contribution < -0.4 is 0 Å². The van der Waals surface area contributed by atoms with Crippen LogP contribution in [0.5, 0.6) is 0 Å². The summed E-state index contributed by atoms with van der Waals surface area (Å²) >= 11 is 0. The molecular formula is C26H37FN2. The average Bonchev–Trinajstić information content (AvgIpc) is 3.19. The van der Waals surface area contributed by atoms with Gasteiger partial charge in [-0.1, -0.05) is 76.6 Å². The van der Waals surface area contributed by atoms with Crippen molar-refractivity contribution in [2.45, 2.75) is 74.4 Å². The maximum absolute atomic E-state index is 15.1. The number of hydrogen-bond donors (Lipinski definition) is 0. The van der Waals surface area contributed by atoms with Crippen molar-refractivity contribution >= 4 is 0 Å². The molecule has 2 aromatic carbocycles. The van der Waals surface area contributed by atoms with Gasteiger partial charge in [-0.05, 0) is 50.8 Å². The summed E-state index contributed by atoms with van der Waals surface area (Å²) in [5.74, 6) is 0.781. The molecule has 0 saturated carbocycles. The number of imidazole rings is 1. The zero-order valence-electron chi connectivity index (χ0n) is 19.6. The molecule has 1 aromatic heterocycles.